The maximum atomic E-state index is 11.5. The highest BCUT2D eigenvalue weighted by Crippen LogP contribution is 2.27. The van der Waals surface area contributed by atoms with Gasteiger partial charge < -0.3 is 0 Å². The number of hydrogen-bond donors (Lipinski definition) is 0. The smallest absolute Gasteiger partial charge is 0.173 e. The van der Waals surface area contributed by atoms with E-state index in [1.54, 1.807) is 19.2 Å². The van der Waals surface area contributed by atoms with Crippen LogP contribution >= 0.6 is 11.3 Å². The van der Waals surface area contributed by atoms with Crippen LogP contribution in [0.2, 0.25) is 0 Å². The lowest BCUT2D eigenvalue weighted by molar-refractivity contribution is -0.114. The number of ketones is 1. The molecule has 94 valence electrons. The molecule has 0 saturated carbocycles. The summed E-state index contributed by atoms with van der Waals surface area (Å²) in [7, 11) is 0. The highest BCUT2D eigenvalue weighted by atomic mass is 32.1. The number of hydrogen-bond acceptors (Lipinski definition) is 4. The second-order valence-corrected chi connectivity index (χ2v) is 4.98. The van der Waals surface area contributed by atoms with Gasteiger partial charge >= 0.3 is 0 Å². The number of carbonyl (C=O) groups excluding carboxylic acids is 1. The number of allylic oxidation sites excluding steroid dienone is 1. The number of nitriles is 1. The van der Waals surface area contributed by atoms with Crippen molar-refractivity contribution in [3.05, 3.63) is 47.0 Å². The molecule has 0 spiro atoms. The number of nitrogens with zero attached hydrogens (tertiary/aromatic N) is 2. The quantitative estimate of drug-likeness (QED) is 0.627. The number of rotatable bonds is 4. The van der Waals surface area contributed by atoms with E-state index in [9.17, 15) is 4.79 Å². The Labute approximate surface area is 115 Å². The summed E-state index contributed by atoms with van der Waals surface area (Å²) < 4.78 is 0. The molecule has 0 aliphatic rings. The first kappa shape index (κ1) is 13.2. The molecule has 0 aliphatic heterocycles. The number of thiophene rings is 1. The Morgan fingerprint density at radius 3 is 2.89 bits per heavy atom. The Bertz CT molecular complexity index is 650. The van der Waals surface area contributed by atoms with Crippen molar-refractivity contribution in [1.82, 2.24) is 4.98 Å². The number of carbonyl (C=O) groups is 1. The van der Waals surface area contributed by atoms with Gasteiger partial charge in [-0.25, -0.2) is 0 Å². The molecule has 0 aliphatic carbocycles. The predicted molar refractivity (Wildman–Crippen MR) is 76.4 cm³/mol. The van der Waals surface area contributed by atoms with Gasteiger partial charge in [0.2, 0.25) is 0 Å². The average molecular weight is 268 g/mol. The van der Waals surface area contributed by atoms with Crippen molar-refractivity contribution in [2.24, 2.45) is 0 Å². The normalized spacial score (nSPS) is 11.1. The van der Waals surface area contributed by atoms with E-state index in [1.807, 2.05) is 36.4 Å². The van der Waals surface area contributed by atoms with Gasteiger partial charge in [0.25, 0.3) is 0 Å². The third-order valence-electron chi connectivity index (χ3n) is 2.57. The van der Waals surface area contributed by atoms with Crippen LogP contribution in [0.1, 0.15) is 18.2 Å². The number of aromatic nitrogens is 1. The van der Waals surface area contributed by atoms with Crippen LogP contribution in [0.15, 0.2) is 42.1 Å². The maximum absolute atomic E-state index is 11.5. The summed E-state index contributed by atoms with van der Waals surface area (Å²) in [5, 5.41) is 8.97. The van der Waals surface area contributed by atoms with Gasteiger partial charge in [-0.2, -0.15) is 5.26 Å². The molecular formula is C15H12N2OS. The van der Waals surface area contributed by atoms with Gasteiger partial charge in [0.05, 0.1) is 16.1 Å². The molecule has 0 unspecified atom stereocenters. The fourth-order valence-electron chi connectivity index (χ4n) is 1.58. The van der Waals surface area contributed by atoms with Crippen LogP contribution in [-0.2, 0) is 4.79 Å². The summed E-state index contributed by atoms with van der Waals surface area (Å²) in [5.74, 6) is -0.129. The van der Waals surface area contributed by atoms with Crippen LogP contribution in [-0.4, -0.2) is 10.8 Å². The number of Topliss-reactive ketones (excluding diaryl/α,β-unsaturated/α-hetero) is 1. The van der Waals surface area contributed by atoms with Gasteiger partial charge in [0.15, 0.2) is 5.78 Å². The van der Waals surface area contributed by atoms with Gasteiger partial charge in [-0.1, -0.05) is 13.0 Å². The van der Waals surface area contributed by atoms with E-state index in [2.05, 4.69) is 4.98 Å². The van der Waals surface area contributed by atoms with Crippen molar-refractivity contribution in [2.45, 2.75) is 13.3 Å². The Kier molecular flexibility index (Phi) is 4.22. The van der Waals surface area contributed by atoms with E-state index in [-0.39, 0.29) is 11.4 Å². The maximum Gasteiger partial charge on any atom is 0.173 e. The Morgan fingerprint density at radius 1 is 1.42 bits per heavy atom. The van der Waals surface area contributed by atoms with E-state index in [0.717, 1.165) is 15.4 Å². The molecule has 19 heavy (non-hydrogen) atoms. The van der Waals surface area contributed by atoms with Gasteiger partial charge in [0.1, 0.15) is 6.07 Å². The van der Waals surface area contributed by atoms with Crippen molar-refractivity contribution in [1.29, 1.82) is 5.26 Å². The summed E-state index contributed by atoms with van der Waals surface area (Å²) in [4.78, 5) is 17.7. The van der Waals surface area contributed by atoms with E-state index in [1.165, 1.54) is 11.3 Å². The van der Waals surface area contributed by atoms with Crippen LogP contribution in [0, 0.1) is 11.3 Å². The molecule has 4 heteroatoms. The van der Waals surface area contributed by atoms with Crippen molar-refractivity contribution in [3.8, 4) is 16.6 Å². The lowest BCUT2D eigenvalue weighted by atomic mass is 10.1. The lowest BCUT2D eigenvalue weighted by Crippen LogP contribution is -1.97. The van der Waals surface area contributed by atoms with Gasteiger partial charge in [-0.15, -0.1) is 11.3 Å². The minimum atomic E-state index is -0.129. The highest BCUT2D eigenvalue weighted by molar-refractivity contribution is 7.16. The Balaban J connectivity index is 2.30. The van der Waals surface area contributed by atoms with E-state index >= 15 is 0 Å². The molecule has 2 aromatic heterocycles. The molecule has 0 amide bonds. The standard InChI is InChI=1S/C15H12N2OS/c1-2-14(18)11(10-16)9-12-6-7-15(19-12)13-5-3-4-8-17-13/h3-9H,2H2,1H3/b11-9+. The molecular weight excluding hydrogens is 256 g/mol. The fourth-order valence-corrected chi connectivity index (χ4v) is 2.51. The van der Waals surface area contributed by atoms with Crippen LogP contribution in [0.25, 0.3) is 16.6 Å². The van der Waals surface area contributed by atoms with Gasteiger partial charge in [0, 0.05) is 17.5 Å². The van der Waals surface area contributed by atoms with E-state index in [0.29, 0.717) is 6.42 Å². The average Bonchev–Trinajstić information content (AvgIpc) is 2.93. The zero-order valence-corrected chi connectivity index (χ0v) is 11.3. The number of pyridine rings is 1. The second-order valence-electron chi connectivity index (χ2n) is 3.86. The summed E-state index contributed by atoms with van der Waals surface area (Å²) in [6, 6.07) is 11.5. The second kappa shape index (κ2) is 6.07. The first-order chi connectivity index (χ1) is 9.24. The molecule has 0 N–H and O–H groups in total. The minimum Gasteiger partial charge on any atom is -0.293 e. The van der Waals surface area contributed by atoms with E-state index in [4.69, 9.17) is 5.26 Å². The molecule has 2 heterocycles. The third kappa shape index (κ3) is 3.15. The van der Waals surface area contributed by atoms with Gasteiger partial charge in [-0.05, 0) is 30.3 Å². The van der Waals surface area contributed by atoms with Crippen molar-refractivity contribution in [3.63, 3.8) is 0 Å². The molecule has 2 rings (SSSR count). The predicted octanol–water partition coefficient (Wildman–Crippen LogP) is 3.70. The van der Waals surface area contributed by atoms with Crippen molar-refractivity contribution < 1.29 is 4.79 Å². The summed E-state index contributed by atoms with van der Waals surface area (Å²) >= 11 is 1.52. The SMILES string of the molecule is CCC(=O)/C(C#N)=C/c1ccc(-c2ccccn2)s1. The summed E-state index contributed by atoms with van der Waals surface area (Å²) in [6.07, 6.45) is 3.73. The fraction of sp³-hybridized carbons (Fsp3) is 0.133. The molecule has 0 fully saturated rings. The molecule has 0 saturated heterocycles. The van der Waals surface area contributed by atoms with Crippen molar-refractivity contribution in [2.75, 3.05) is 0 Å². The zero-order valence-electron chi connectivity index (χ0n) is 10.5. The first-order valence-corrected chi connectivity index (χ1v) is 6.72. The Hall–Kier alpha value is -2.25. The van der Waals surface area contributed by atoms with Crippen LogP contribution < -0.4 is 0 Å². The van der Waals surface area contributed by atoms with E-state index < -0.39 is 0 Å². The molecule has 0 bridgehead atoms. The van der Waals surface area contributed by atoms with Crippen LogP contribution in [0.5, 0.6) is 0 Å². The Morgan fingerprint density at radius 2 is 2.26 bits per heavy atom. The summed E-state index contributed by atoms with van der Waals surface area (Å²) in [5.41, 5.74) is 1.10. The molecule has 0 aromatic carbocycles. The molecule has 0 radical (unpaired) electrons. The molecule has 2 aromatic rings. The van der Waals surface area contributed by atoms with Gasteiger partial charge in [-0.3, -0.25) is 9.78 Å². The van der Waals surface area contributed by atoms with Crippen LogP contribution in [0.4, 0.5) is 0 Å². The first-order valence-electron chi connectivity index (χ1n) is 5.91. The third-order valence-corrected chi connectivity index (χ3v) is 3.63. The monoisotopic (exact) mass is 268 g/mol. The zero-order chi connectivity index (χ0) is 13.7. The minimum absolute atomic E-state index is 0.129. The van der Waals surface area contributed by atoms with Crippen molar-refractivity contribution >= 4 is 23.2 Å². The lowest BCUT2D eigenvalue weighted by Gasteiger charge is -1.94. The molecule has 0 atom stereocenters. The topological polar surface area (TPSA) is 53.8 Å². The van der Waals surface area contributed by atoms with Crippen LogP contribution in [0.3, 0.4) is 0 Å². The molecule has 3 nitrogen and oxygen atoms in total. The summed E-state index contributed by atoms with van der Waals surface area (Å²) in [6.45, 7) is 1.75. The largest absolute Gasteiger partial charge is 0.293 e. The highest BCUT2D eigenvalue weighted by Gasteiger charge is 2.08.